The number of nitrogens with zero attached hydrogens (tertiary/aromatic N) is 14. The molecule has 22 nitrogen and oxygen atoms in total. The minimum Gasteiger partial charge on any atom is -0.443 e. The zero-order valence-corrected chi connectivity index (χ0v) is 104. The molecule has 726 valence electrons. The average Bonchev–Trinajstić information content (AvgIpc) is 1.68. The van der Waals surface area contributed by atoms with Gasteiger partial charge in [0.1, 0.15) is 66.3 Å². The minimum absolute atomic E-state index is 0. The van der Waals surface area contributed by atoms with Crippen molar-refractivity contribution >= 4 is 322 Å². The van der Waals surface area contributed by atoms with E-state index in [2.05, 4.69) is 259 Å². The van der Waals surface area contributed by atoms with Crippen molar-refractivity contribution in [3.63, 3.8) is 0 Å². The molecule has 0 saturated carbocycles. The van der Waals surface area contributed by atoms with E-state index in [4.69, 9.17) is 60.6 Å². The molecule has 0 saturated heterocycles. The number of thioether (sulfide) groups is 1. The molecule has 4 amide bonds. The molecule has 10 aromatic heterocycles. The third-order valence-corrected chi connectivity index (χ3v) is 27.3. The number of amides is 4. The molecule has 0 aliphatic heterocycles. The standard InChI is InChI=1S/2C15H18ClN3O2S.C15H18ClN3OS2.C15H19N3O2S.C10H10ClN3S.C4H7I3.C4H8I2.C4H9I.C4H8I.C4H9.2V/c2*1-5-19(14(20)21-15(2,3)4)13-11(16)18-12(22-13)10-7-6-8-17-9-10;1-4-19(14(20)10(2)9-21-3)15-12(16)18-13(22-15)11-6-5-7-17-8-11;1-5-18(14(19)20-15(2,3)4)12-10-17-13(21-12)11-7-6-8-16-9-11;1-2-13-10-8(11)14-9(15-10)7-4-3-5-12-6-7;1-2-3-4(5,6)7;1-2-3-4(5)6;2*1-2-3-4-5;1-3-4-2;;/h2*6-9H,5H2,1-4H3;5-8,10H,4,9H2,1-3H3;6-10H,5H2,1-4H3;3-6,13H,2H2,1H3;2-3H2,1H3;4H,2-3H2,1H3;2-4H2,1H3;4H,2-3H2,1H3;1,3-4H2,2H3;;/q;;;;;;;;2*-1;;. The van der Waals surface area contributed by atoms with Gasteiger partial charge in [-0.25, -0.2) is 39.3 Å². The Balaban J connectivity index is 0. The minimum atomic E-state index is -0.562. The van der Waals surface area contributed by atoms with Gasteiger partial charge in [0.15, 0.2) is 20.6 Å². The Bertz CT molecular complexity index is 4560. The number of ether oxygens (including phenoxy) is 3. The van der Waals surface area contributed by atoms with Crippen molar-refractivity contribution < 1.29 is 70.5 Å². The van der Waals surface area contributed by atoms with Gasteiger partial charge in [-0.2, -0.15) is 24.6 Å². The Morgan fingerprint density at radius 2 is 0.840 bits per heavy atom. The van der Waals surface area contributed by atoms with Crippen LogP contribution in [-0.4, -0.2) is 141 Å². The number of anilines is 5. The first kappa shape index (κ1) is 132. The Labute approximate surface area is 943 Å². The Kier molecular flexibility index (Phi) is 74.3. The van der Waals surface area contributed by atoms with Crippen LogP contribution in [0.15, 0.2) is 129 Å². The molecule has 10 rings (SSSR count). The van der Waals surface area contributed by atoms with Crippen LogP contribution in [0.25, 0.3) is 52.9 Å². The first-order valence-electron chi connectivity index (χ1n) is 41.8. The van der Waals surface area contributed by atoms with E-state index in [1.807, 2.05) is 171 Å². The van der Waals surface area contributed by atoms with Gasteiger partial charge in [-0.3, -0.25) is 48.8 Å². The maximum absolute atomic E-state index is 12.6. The van der Waals surface area contributed by atoms with E-state index in [0.717, 1.165) is 83.5 Å². The number of pyridine rings is 5. The third-order valence-electron chi connectivity index (χ3n) is 15.2. The second kappa shape index (κ2) is 73.8. The fourth-order valence-corrected chi connectivity index (χ4v) is 20.3. The van der Waals surface area contributed by atoms with Crippen LogP contribution in [-0.2, 0) is 56.1 Å². The van der Waals surface area contributed by atoms with Crippen molar-refractivity contribution in [3.8, 4) is 52.9 Å². The number of aromatic nitrogens is 10. The molecular formula is C90H124Cl4I7N15O7S6V2-2. The van der Waals surface area contributed by atoms with Crippen molar-refractivity contribution in [2.75, 3.05) is 74.1 Å². The summed E-state index contributed by atoms with van der Waals surface area (Å²) in [5, 5.41) is 12.1. The fraction of sp³-hybridized carbons (Fsp3) is 0.489. The van der Waals surface area contributed by atoms with E-state index < -0.39 is 29.0 Å². The summed E-state index contributed by atoms with van der Waals surface area (Å²) in [6.45, 7) is 45.5. The van der Waals surface area contributed by atoms with Crippen LogP contribution in [0.5, 0.6) is 0 Å². The van der Waals surface area contributed by atoms with Crippen molar-refractivity contribution in [1.82, 2.24) is 49.8 Å². The molecule has 131 heavy (non-hydrogen) atoms. The number of rotatable bonds is 27. The summed E-state index contributed by atoms with van der Waals surface area (Å²) < 4.78 is 21.0. The van der Waals surface area contributed by atoms with Gasteiger partial charge in [0.2, 0.25) is 5.91 Å². The number of carbonyl (C=O) groups excluding carboxylic acids is 4. The molecule has 10 aromatic rings. The number of halogens is 11. The van der Waals surface area contributed by atoms with E-state index in [1.165, 1.54) is 117 Å². The van der Waals surface area contributed by atoms with Gasteiger partial charge in [-0.1, -0.05) is 312 Å². The molecule has 0 spiro atoms. The molecule has 1 unspecified atom stereocenters. The van der Waals surface area contributed by atoms with Crippen molar-refractivity contribution in [3.05, 3.63) is 161 Å². The molecule has 0 aliphatic rings. The number of nitrogens with one attached hydrogen (secondary N) is 1. The zero-order valence-electron chi connectivity index (χ0n) is 78.2. The van der Waals surface area contributed by atoms with Crippen molar-refractivity contribution in [1.29, 1.82) is 0 Å². The summed E-state index contributed by atoms with van der Waals surface area (Å²) in [6.07, 6.45) is 32.5. The second-order valence-corrected chi connectivity index (χ2v) is 56.1. The maximum atomic E-state index is 12.6. The van der Waals surface area contributed by atoms with Crippen molar-refractivity contribution in [2.24, 2.45) is 5.92 Å². The molecule has 2 radical (unpaired) electrons. The van der Waals surface area contributed by atoms with E-state index >= 15 is 0 Å². The fourth-order valence-electron chi connectivity index (χ4n) is 9.18. The summed E-state index contributed by atoms with van der Waals surface area (Å²) in [5.41, 5.74) is 2.92. The van der Waals surface area contributed by atoms with E-state index in [1.54, 1.807) is 101 Å². The zero-order chi connectivity index (χ0) is 97.5. The van der Waals surface area contributed by atoms with Crippen LogP contribution in [0.2, 0.25) is 20.6 Å². The van der Waals surface area contributed by atoms with E-state index in [9.17, 15) is 19.2 Å². The van der Waals surface area contributed by atoms with Gasteiger partial charge in [0.05, 0.1) is 8.13 Å². The number of thiazole rings is 5. The van der Waals surface area contributed by atoms with Crippen LogP contribution in [0.1, 0.15) is 203 Å². The van der Waals surface area contributed by atoms with Gasteiger partial charge in [0.25, 0.3) is 0 Å². The Morgan fingerprint density at radius 1 is 0.496 bits per heavy atom. The smallest absolute Gasteiger partial charge is 0.415 e. The molecule has 10 heterocycles. The average molecular weight is 2850 g/mol. The molecule has 0 aliphatic carbocycles. The van der Waals surface area contributed by atoms with Crippen LogP contribution in [0.3, 0.4) is 0 Å². The van der Waals surface area contributed by atoms with Gasteiger partial charge in [-0.05, 0) is 188 Å². The summed E-state index contributed by atoms with van der Waals surface area (Å²) in [5.74, 6) is 0.830. The predicted octanol–water partition coefficient (Wildman–Crippen LogP) is 33.7. The van der Waals surface area contributed by atoms with Gasteiger partial charge in [-0.15, -0.1) is 0 Å². The van der Waals surface area contributed by atoms with Crippen LogP contribution < -0.4 is 24.9 Å². The summed E-state index contributed by atoms with van der Waals surface area (Å²) >= 11 is 50.3. The van der Waals surface area contributed by atoms with Gasteiger partial charge >= 0.3 is 18.3 Å². The second-order valence-electron chi connectivity index (χ2n) is 29.7. The van der Waals surface area contributed by atoms with Crippen LogP contribution >= 0.6 is 273 Å². The quantitative estimate of drug-likeness (QED) is 0.0217. The third kappa shape index (κ3) is 55.7. The number of unbranched alkanes of at least 4 members (excludes halogenated alkanes) is 3. The number of hydrogen-bond acceptors (Lipinski definition) is 24. The topological polar surface area (TPSA) is 250 Å². The first-order valence-corrected chi connectivity index (χ1v) is 57.3. The molecule has 0 bridgehead atoms. The predicted molar refractivity (Wildman–Crippen MR) is 618 cm³/mol. The normalized spacial score (nSPS) is 10.8. The molecule has 41 heteroatoms. The SMILES string of the molecule is CCCC(I)(I)I.CCCC(I)I.CCCCI.CCC[CH-]I.CCN(C(=O)C(C)CSC)c1sc(-c2cccnc2)nc1Cl.CCN(C(=O)OC(C)(C)C)c1cnc(-c2cccnc2)s1.CCN(C(=O)OC(C)(C)C)c1sc(-c2cccnc2)nc1Cl.CCN(C(=O)OC(C)(C)C)c1sc(-c2cccnc2)nc1Cl.CCNc1sc(-c2cccnc2)nc1Cl.[CH2-]CCC.[V].[V]. The van der Waals surface area contributed by atoms with E-state index in [-0.39, 0.29) is 65.3 Å². The maximum Gasteiger partial charge on any atom is 0.415 e. The Morgan fingerprint density at radius 3 is 1.08 bits per heavy atom. The summed E-state index contributed by atoms with van der Waals surface area (Å²) in [7, 11) is 0. The van der Waals surface area contributed by atoms with Crippen LogP contribution in [0.4, 0.5) is 39.4 Å². The van der Waals surface area contributed by atoms with Gasteiger partial charge < -0.3 is 53.9 Å². The summed E-state index contributed by atoms with van der Waals surface area (Å²) in [6, 6.07) is 18.9. The number of carbonyl (C=O) groups is 4. The number of hydrogen-bond donors (Lipinski definition) is 1. The molecule has 0 fully saturated rings. The largest absolute Gasteiger partial charge is 0.443 e. The van der Waals surface area contributed by atoms with Crippen molar-refractivity contribution in [2.45, 2.75) is 221 Å². The van der Waals surface area contributed by atoms with E-state index in [0.29, 0.717) is 50.9 Å². The van der Waals surface area contributed by atoms with Crippen LogP contribution in [0, 0.1) is 17.3 Å². The number of alkyl halides is 6. The first-order chi connectivity index (χ1) is 61.0. The molecule has 1 N–H and O–H groups in total. The Hall–Kier alpha value is -1.23. The molecule has 0 aromatic carbocycles. The summed E-state index contributed by atoms with van der Waals surface area (Å²) in [4.78, 5) is 97.7. The van der Waals surface area contributed by atoms with Gasteiger partial charge in [0, 0.05) is 171 Å². The molecular weight excluding hydrogens is 2730 g/mol. The monoisotopic (exact) mass is 2850 g/mol. The molecule has 1 atom stereocenters.